The molecule has 3 atom stereocenters. The molecule has 96 valence electrons. The molecular formula is C15H25NO. The van der Waals surface area contributed by atoms with Crippen LogP contribution < -0.4 is 5.32 Å². The third-order valence-corrected chi connectivity index (χ3v) is 3.51. The zero-order valence-electron chi connectivity index (χ0n) is 11.6. The summed E-state index contributed by atoms with van der Waals surface area (Å²) < 4.78 is 0. The molecule has 0 aromatic heterocycles. The van der Waals surface area contributed by atoms with Crippen molar-refractivity contribution >= 4 is 0 Å². The number of hydrogen-bond acceptors (Lipinski definition) is 2. The summed E-state index contributed by atoms with van der Waals surface area (Å²) in [5.41, 5.74) is 3.50. The zero-order valence-corrected chi connectivity index (χ0v) is 11.6. The van der Waals surface area contributed by atoms with Crippen LogP contribution in [0.2, 0.25) is 0 Å². The molecule has 0 heterocycles. The van der Waals surface area contributed by atoms with E-state index in [4.69, 9.17) is 0 Å². The minimum atomic E-state index is -0.441. The van der Waals surface area contributed by atoms with Crippen molar-refractivity contribution in [2.24, 2.45) is 0 Å². The Hall–Kier alpha value is -0.860. The monoisotopic (exact) mass is 235 g/mol. The fourth-order valence-electron chi connectivity index (χ4n) is 1.90. The normalized spacial score (nSPS) is 16.6. The van der Waals surface area contributed by atoms with E-state index < -0.39 is 6.10 Å². The predicted molar refractivity (Wildman–Crippen MR) is 73.2 cm³/mol. The first-order valence-electron chi connectivity index (χ1n) is 6.47. The molecule has 0 amide bonds. The summed E-state index contributed by atoms with van der Waals surface area (Å²) in [5.74, 6) is 0. The van der Waals surface area contributed by atoms with Crippen LogP contribution in [0.1, 0.15) is 50.0 Å². The highest BCUT2D eigenvalue weighted by atomic mass is 16.3. The van der Waals surface area contributed by atoms with E-state index in [1.807, 2.05) is 13.0 Å². The summed E-state index contributed by atoms with van der Waals surface area (Å²) >= 11 is 0. The van der Waals surface area contributed by atoms with E-state index >= 15 is 0 Å². The molecule has 2 heteroatoms. The van der Waals surface area contributed by atoms with Gasteiger partial charge >= 0.3 is 0 Å². The van der Waals surface area contributed by atoms with Gasteiger partial charge in [-0.25, -0.2) is 0 Å². The standard InChI is InChI=1S/C15H25NO/c1-6-12(4)16-13(5)15(17)14-8-7-10(2)11(3)9-14/h7-9,12-13,15-17H,6H2,1-5H3. The minimum Gasteiger partial charge on any atom is -0.387 e. The van der Waals surface area contributed by atoms with E-state index in [1.54, 1.807) is 0 Å². The summed E-state index contributed by atoms with van der Waals surface area (Å²) in [4.78, 5) is 0. The number of hydrogen-bond donors (Lipinski definition) is 2. The van der Waals surface area contributed by atoms with E-state index in [-0.39, 0.29) is 6.04 Å². The van der Waals surface area contributed by atoms with E-state index in [9.17, 15) is 5.11 Å². The van der Waals surface area contributed by atoms with Crippen molar-refractivity contribution in [1.29, 1.82) is 0 Å². The van der Waals surface area contributed by atoms with E-state index in [0.717, 1.165) is 12.0 Å². The molecule has 1 aromatic rings. The van der Waals surface area contributed by atoms with Crippen LogP contribution in [0.25, 0.3) is 0 Å². The van der Waals surface area contributed by atoms with Crippen molar-refractivity contribution in [3.8, 4) is 0 Å². The first kappa shape index (κ1) is 14.2. The summed E-state index contributed by atoms with van der Waals surface area (Å²) in [7, 11) is 0. The average Bonchev–Trinajstić information content (AvgIpc) is 2.31. The van der Waals surface area contributed by atoms with Crippen molar-refractivity contribution in [1.82, 2.24) is 5.32 Å². The van der Waals surface area contributed by atoms with E-state index in [1.165, 1.54) is 11.1 Å². The van der Waals surface area contributed by atoms with Crippen molar-refractivity contribution in [3.05, 3.63) is 34.9 Å². The Labute approximate surface area is 105 Å². The molecule has 1 aromatic carbocycles. The van der Waals surface area contributed by atoms with Crippen molar-refractivity contribution in [3.63, 3.8) is 0 Å². The fourth-order valence-corrected chi connectivity index (χ4v) is 1.90. The third-order valence-electron chi connectivity index (χ3n) is 3.51. The number of aryl methyl sites for hydroxylation is 2. The lowest BCUT2D eigenvalue weighted by molar-refractivity contribution is 0.130. The molecule has 0 radical (unpaired) electrons. The maximum atomic E-state index is 10.3. The molecule has 0 aliphatic heterocycles. The maximum absolute atomic E-state index is 10.3. The molecule has 0 spiro atoms. The van der Waals surface area contributed by atoms with Gasteiger partial charge in [-0.15, -0.1) is 0 Å². The maximum Gasteiger partial charge on any atom is 0.0940 e. The molecule has 0 aliphatic carbocycles. The Morgan fingerprint density at radius 2 is 1.82 bits per heavy atom. The highest BCUT2D eigenvalue weighted by Crippen LogP contribution is 2.20. The quantitative estimate of drug-likeness (QED) is 0.822. The lowest BCUT2D eigenvalue weighted by Crippen LogP contribution is -2.38. The highest BCUT2D eigenvalue weighted by molar-refractivity contribution is 5.31. The van der Waals surface area contributed by atoms with Crippen molar-refractivity contribution in [2.75, 3.05) is 0 Å². The lowest BCUT2D eigenvalue weighted by atomic mass is 9.98. The van der Waals surface area contributed by atoms with Crippen LogP contribution in [-0.2, 0) is 0 Å². The van der Waals surface area contributed by atoms with Crippen LogP contribution in [0, 0.1) is 13.8 Å². The molecule has 1 rings (SSSR count). The van der Waals surface area contributed by atoms with Gasteiger partial charge in [-0.2, -0.15) is 0 Å². The molecule has 0 saturated carbocycles. The lowest BCUT2D eigenvalue weighted by Gasteiger charge is -2.24. The molecule has 2 N–H and O–H groups in total. The van der Waals surface area contributed by atoms with E-state index in [0.29, 0.717) is 6.04 Å². The smallest absolute Gasteiger partial charge is 0.0940 e. The Morgan fingerprint density at radius 1 is 1.18 bits per heavy atom. The van der Waals surface area contributed by atoms with Crippen LogP contribution in [-0.4, -0.2) is 17.2 Å². The van der Waals surface area contributed by atoms with Crippen LogP contribution in [0.5, 0.6) is 0 Å². The van der Waals surface area contributed by atoms with Gasteiger partial charge in [0, 0.05) is 12.1 Å². The number of aliphatic hydroxyl groups is 1. The second-order valence-corrected chi connectivity index (χ2v) is 5.05. The number of aliphatic hydroxyl groups excluding tert-OH is 1. The molecule has 0 aliphatic rings. The zero-order chi connectivity index (χ0) is 13.0. The van der Waals surface area contributed by atoms with Crippen LogP contribution >= 0.6 is 0 Å². The fraction of sp³-hybridized carbons (Fsp3) is 0.600. The Morgan fingerprint density at radius 3 is 2.35 bits per heavy atom. The Balaban J connectivity index is 2.74. The molecule has 17 heavy (non-hydrogen) atoms. The summed E-state index contributed by atoms with van der Waals surface area (Å²) in [6.07, 6.45) is 0.632. The molecule has 2 nitrogen and oxygen atoms in total. The summed E-state index contributed by atoms with van der Waals surface area (Å²) in [6, 6.07) is 6.68. The molecule has 0 saturated heterocycles. The Kier molecular flexibility index (Phi) is 5.16. The molecule has 0 fully saturated rings. The van der Waals surface area contributed by atoms with Gasteiger partial charge in [0.25, 0.3) is 0 Å². The van der Waals surface area contributed by atoms with Crippen LogP contribution in [0.3, 0.4) is 0 Å². The van der Waals surface area contributed by atoms with Gasteiger partial charge < -0.3 is 10.4 Å². The summed E-state index contributed by atoms with van der Waals surface area (Å²) in [5, 5.41) is 13.7. The largest absolute Gasteiger partial charge is 0.387 e. The molecule has 0 bridgehead atoms. The minimum absolute atomic E-state index is 0.0760. The van der Waals surface area contributed by atoms with Gasteiger partial charge in [0.2, 0.25) is 0 Å². The first-order valence-corrected chi connectivity index (χ1v) is 6.47. The van der Waals surface area contributed by atoms with Gasteiger partial charge in [0.1, 0.15) is 0 Å². The Bertz CT molecular complexity index is 362. The van der Waals surface area contributed by atoms with Crippen molar-refractivity contribution < 1.29 is 5.11 Å². The first-order chi connectivity index (χ1) is 7.95. The van der Waals surface area contributed by atoms with Gasteiger partial charge in [-0.05, 0) is 50.8 Å². The molecular weight excluding hydrogens is 210 g/mol. The SMILES string of the molecule is CCC(C)NC(C)C(O)c1ccc(C)c(C)c1. The summed E-state index contributed by atoms with van der Waals surface area (Å²) in [6.45, 7) is 10.5. The number of benzene rings is 1. The third kappa shape index (κ3) is 3.83. The highest BCUT2D eigenvalue weighted by Gasteiger charge is 2.17. The van der Waals surface area contributed by atoms with Gasteiger partial charge in [-0.3, -0.25) is 0 Å². The van der Waals surface area contributed by atoms with Gasteiger partial charge in [0.15, 0.2) is 0 Å². The molecule has 3 unspecified atom stereocenters. The number of rotatable bonds is 5. The van der Waals surface area contributed by atoms with Gasteiger partial charge in [0.05, 0.1) is 6.10 Å². The van der Waals surface area contributed by atoms with Crippen LogP contribution in [0.4, 0.5) is 0 Å². The van der Waals surface area contributed by atoms with E-state index in [2.05, 4.69) is 45.1 Å². The van der Waals surface area contributed by atoms with Crippen LogP contribution in [0.15, 0.2) is 18.2 Å². The average molecular weight is 235 g/mol. The number of nitrogens with one attached hydrogen (secondary N) is 1. The second-order valence-electron chi connectivity index (χ2n) is 5.05. The second kappa shape index (κ2) is 6.18. The van der Waals surface area contributed by atoms with Crippen molar-refractivity contribution in [2.45, 2.75) is 59.2 Å². The van der Waals surface area contributed by atoms with Gasteiger partial charge in [-0.1, -0.05) is 25.1 Å². The topological polar surface area (TPSA) is 32.3 Å². The predicted octanol–water partition coefficient (Wildman–Crippen LogP) is 3.11.